The van der Waals surface area contributed by atoms with Crippen LogP contribution >= 0.6 is 0 Å². The molecule has 0 spiro atoms. The topological polar surface area (TPSA) is 83.5 Å². The molecule has 1 aromatic carbocycles. The van der Waals surface area contributed by atoms with Crippen LogP contribution < -0.4 is 10.7 Å². The Hall–Kier alpha value is -3.23. The van der Waals surface area contributed by atoms with Gasteiger partial charge in [-0.15, -0.1) is 0 Å². The largest absolute Gasteiger partial charge is 0.416 e. The van der Waals surface area contributed by atoms with Crippen LogP contribution in [0.3, 0.4) is 0 Å². The lowest BCUT2D eigenvalue weighted by Crippen LogP contribution is -2.21. The number of hydrogen-bond acceptors (Lipinski definition) is 4. The Morgan fingerprint density at radius 3 is 2.62 bits per heavy atom. The number of rotatable bonds is 5. The molecule has 2 rings (SSSR count). The molecule has 1 heterocycles. The van der Waals surface area contributed by atoms with Gasteiger partial charge in [0.15, 0.2) is 0 Å². The van der Waals surface area contributed by atoms with Crippen LogP contribution in [0.2, 0.25) is 0 Å². The Kier molecular flexibility index (Phi) is 6.05. The summed E-state index contributed by atoms with van der Waals surface area (Å²) in [6, 6.07) is 7.45. The van der Waals surface area contributed by atoms with Gasteiger partial charge in [-0.1, -0.05) is 6.07 Å². The number of aromatic nitrogens is 1. The molecule has 2 aromatic rings. The summed E-state index contributed by atoms with van der Waals surface area (Å²) in [4.78, 5) is 27.5. The molecule has 0 aliphatic rings. The molecule has 0 saturated carbocycles. The average molecular weight is 364 g/mol. The maximum Gasteiger partial charge on any atom is 0.416 e. The molecular weight excluding hydrogens is 349 g/mol. The van der Waals surface area contributed by atoms with Crippen molar-refractivity contribution < 1.29 is 22.8 Å². The van der Waals surface area contributed by atoms with Crippen molar-refractivity contribution in [3.8, 4) is 0 Å². The van der Waals surface area contributed by atoms with E-state index in [1.54, 1.807) is 12.1 Å². The van der Waals surface area contributed by atoms with Crippen LogP contribution in [0.5, 0.6) is 0 Å². The number of hydrogen-bond donors (Lipinski definition) is 2. The number of alkyl halides is 3. The Labute approximate surface area is 147 Å². The third kappa shape index (κ3) is 5.69. The summed E-state index contributed by atoms with van der Waals surface area (Å²) in [6.07, 6.45) is -1.80. The summed E-state index contributed by atoms with van der Waals surface area (Å²) in [6.45, 7) is 1.51. The van der Waals surface area contributed by atoms with Gasteiger partial charge in [0.1, 0.15) is 0 Å². The number of carbonyl (C=O) groups is 2. The molecule has 0 aliphatic carbocycles. The van der Waals surface area contributed by atoms with E-state index >= 15 is 0 Å². The zero-order valence-corrected chi connectivity index (χ0v) is 13.7. The number of pyridine rings is 1. The molecule has 0 bridgehead atoms. The van der Waals surface area contributed by atoms with Crippen LogP contribution in [0.1, 0.15) is 29.3 Å². The summed E-state index contributed by atoms with van der Waals surface area (Å²) < 4.78 is 38.0. The molecule has 2 N–H and O–H groups in total. The lowest BCUT2D eigenvalue weighted by Gasteiger charge is -2.10. The molecule has 26 heavy (non-hydrogen) atoms. The van der Waals surface area contributed by atoms with Gasteiger partial charge in [-0.25, -0.2) is 5.43 Å². The number of carbonyl (C=O) groups excluding carboxylic acids is 2. The fourth-order valence-electron chi connectivity index (χ4n) is 1.96. The highest BCUT2D eigenvalue weighted by molar-refractivity contribution is 6.06. The van der Waals surface area contributed by atoms with E-state index in [0.29, 0.717) is 5.56 Å². The van der Waals surface area contributed by atoms with Crippen LogP contribution in [0.4, 0.5) is 18.9 Å². The fourth-order valence-corrected chi connectivity index (χ4v) is 1.96. The van der Waals surface area contributed by atoms with E-state index in [2.05, 4.69) is 20.8 Å². The van der Waals surface area contributed by atoms with E-state index in [9.17, 15) is 22.8 Å². The van der Waals surface area contributed by atoms with Crippen molar-refractivity contribution in [3.05, 3.63) is 59.9 Å². The normalized spacial score (nSPS) is 11.8. The Morgan fingerprint density at radius 1 is 1.19 bits per heavy atom. The van der Waals surface area contributed by atoms with Crippen molar-refractivity contribution >= 4 is 23.2 Å². The maximum atomic E-state index is 12.7. The first kappa shape index (κ1) is 19.1. The van der Waals surface area contributed by atoms with Crippen molar-refractivity contribution in [2.75, 3.05) is 5.32 Å². The van der Waals surface area contributed by atoms with E-state index in [-0.39, 0.29) is 17.8 Å². The lowest BCUT2D eigenvalue weighted by atomic mass is 10.2. The van der Waals surface area contributed by atoms with Gasteiger partial charge in [0, 0.05) is 23.8 Å². The minimum absolute atomic E-state index is 0.0250. The number of hydrazone groups is 1. The predicted molar refractivity (Wildman–Crippen MR) is 89.5 cm³/mol. The second kappa shape index (κ2) is 8.24. The molecule has 9 heteroatoms. The first-order chi connectivity index (χ1) is 12.3. The molecule has 6 nitrogen and oxygen atoms in total. The minimum atomic E-state index is -4.49. The molecule has 0 radical (unpaired) electrons. The smallest absolute Gasteiger partial charge is 0.326 e. The van der Waals surface area contributed by atoms with Gasteiger partial charge in [0.2, 0.25) is 5.91 Å². The Bertz CT molecular complexity index is 820. The molecule has 0 atom stereocenters. The molecule has 0 unspecified atom stereocenters. The second-order valence-electron chi connectivity index (χ2n) is 5.33. The number of benzene rings is 1. The van der Waals surface area contributed by atoms with E-state index in [1.807, 2.05) is 0 Å². The van der Waals surface area contributed by atoms with Crippen LogP contribution in [-0.2, 0) is 11.0 Å². The second-order valence-corrected chi connectivity index (χ2v) is 5.33. The van der Waals surface area contributed by atoms with Crippen molar-refractivity contribution in [3.63, 3.8) is 0 Å². The highest BCUT2D eigenvalue weighted by Gasteiger charge is 2.30. The van der Waals surface area contributed by atoms with E-state index in [0.717, 1.165) is 12.1 Å². The number of anilines is 1. The van der Waals surface area contributed by atoms with E-state index in [1.165, 1.54) is 31.5 Å². The lowest BCUT2D eigenvalue weighted by molar-refractivity contribution is -0.137. The molecule has 0 saturated heterocycles. The molecule has 1 aromatic heterocycles. The van der Waals surface area contributed by atoms with Crippen molar-refractivity contribution in [1.29, 1.82) is 0 Å². The summed E-state index contributed by atoms with van der Waals surface area (Å²) in [5.41, 5.74) is 2.03. The van der Waals surface area contributed by atoms with Crippen molar-refractivity contribution in [2.24, 2.45) is 5.10 Å². The zero-order valence-electron chi connectivity index (χ0n) is 13.7. The van der Waals surface area contributed by atoms with Crippen molar-refractivity contribution in [2.45, 2.75) is 19.5 Å². The number of amides is 2. The van der Waals surface area contributed by atoms with Gasteiger partial charge in [0.05, 0.1) is 17.5 Å². The van der Waals surface area contributed by atoms with Crippen molar-refractivity contribution in [1.82, 2.24) is 10.4 Å². The van der Waals surface area contributed by atoms with E-state index < -0.39 is 23.6 Å². The summed E-state index contributed by atoms with van der Waals surface area (Å²) >= 11 is 0. The minimum Gasteiger partial charge on any atom is -0.326 e. The standard InChI is InChI=1S/C17H15F3N4O2/c1-11(23-24-16(26)12-4-3-7-21-10-12)8-15(25)22-14-6-2-5-13(9-14)17(18,19)20/h2-7,9-10H,8H2,1H3,(H,22,25)(H,24,26)/b23-11+. The first-order valence-corrected chi connectivity index (χ1v) is 7.46. The predicted octanol–water partition coefficient (Wildman–Crippen LogP) is 3.23. The van der Waals surface area contributed by atoms with Gasteiger partial charge in [-0.05, 0) is 37.3 Å². The first-order valence-electron chi connectivity index (χ1n) is 7.46. The Morgan fingerprint density at radius 2 is 1.96 bits per heavy atom. The number of nitrogens with one attached hydrogen (secondary N) is 2. The Balaban J connectivity index is 1.92. The SMILES string of the molecule is C/C(CC(=O)Nc1cccc(C(F)(F)F)c1)=N\NC(=O)c1cccnc1. The highest BCUT2D eigenvalue weighted by Crippen LogP contribution is 2.30. The quantitative estimate of drug-likeness (QED) is 0.631. The highest BCUT2D eigenvalue weighted by atomic mass is 19.4. The van der Waals surface area contributed by atoms with Gasteiger partial charge in [-0.3, -0.25) is 14.6 Å². The van der Waals surface area contributed by atoms with Crippen LogP contribution in [0.25, 0.3) is 0 Å². The average Bonchev–Trinajstić information content (AvgIpc) is 2.60. The monoisotopic (exact) mass is 364 g/mol. The van der Waals surface area contributed by atoms with Crippen LogP contribution in [0.15, 0.2) is 53.9 Å². The third-order valence-corrected chi connectivity index (χ3v) is 3.16. The third-order valence-electron chi connectivity index (χ3n) is 3.16. The molecule has 136 valence electrons. The zero-order chi connectivity index (χ0) is 19.2. The number of halogens is 3. The summed E-state index contributed by atoms with van der Waals surface area (Å²) in [5, 5.41) is 6.15. The van der Waals surface area contributed by atoms with Crippen LogP contribution in [-0.4, -0.2) is 22.5 Å². The van der Waals surface area contributed by atoms with E-state index in [4.69, 9.17) is 0 Å². The summed E-state index contributed by atoms with van der Waals surface area (Å²) in [7, 11) is 0. The molecule has 0 fully saturated rings. The molecule has 0 aliphatic heterocycles. The van der Waals surface area contributed by atoms with Gasteiger partial charge in [-0.2, -0.15) is 18.3 Å². The van der Waals surface area contributed by atoms with Crippen LogP contribution in [0, 0.1) is 0 Å². The molecule has 2 amide bonds. The maximum absolute atomic E-state index is 12.7. The fraction of sp³-hybridized carbons (Fsp3) is 0.176. The summed E-state index contributed by atoms with van der Waals surface area (Å²) in [5.74, 6) is -1.04. The van der Waals surface area contributed by atoms with Gasteiger partial charge >= 0.3 is 6.18 Å². The molecular formula is C17H15F3N4O2. The van der Waals surface area contributed by atoms with Gasteiger partial charge < -0.3 is 5.32 Å². The number of nitrogens with zero attached hydrogens (tertiary/aromatic N) is 2. The van der Waals surface area contributed by atoms with Gasteiger partial charge in [0.25, 0.3) is 5.91 Å².